The maximum atomic E-state index is 13.6. The van der Waals surface area contributed by atoms with E-state index in [2.05, 4.69) is 0 Å². The van der Waals surface area contributed by atoms with Gasteiger partial charge in [0.15, 0.2) is 5.78 Å². The summed E-state index contributed by atoms with van der Waals surface area (Å²) in [6, 6.07) is 2.39. The van der Waals surface area contributed by atoms with Gasteiger partial charge in [-0.3, -0.25) is 9.59 Å². The number of hydrogen-bond acceptors (Lipinski definition) is 3. The molecule has 1 aliphatic rings. The molecule has 2 rings (SSSR count). The summed E-state index contributed by atoms with van der Waals surface area (Å²) in [5.74, 6) is -2.94. The topological polar surface area (TPSA) is 61.2 Å². The molecule has 1 heterocycles. The smallest absolute Gasteiger partial charge is 0.240 e. The molecule has 20 heavy (non-hydrogen) atoms. The molecule has 0 bridgehead atoms. The summed E-state index contributed by atoms with van der Waals surface area (Å²) in [5, 5.41) is 8.62. The molecule has 0 saturated carbocycles. The largest absolute Gasteiger partial charge is 0.301 e. The van der Waals surface area contributed by atoms with Gasteiger partial charge in [0, 0.05) is 0 Å². The molecule has 1 aromatic rings. The SMILES string of the molecule is CC1C(=O)C(C)(C)C(=O)N1c1cc(F)c(C#N)c(F)c1. The molecule has 1 fully saturated rings. The molecule has 0 aromatic heterocycles. The van der Waals surface area contributed by atoms with Crippen LogP contribution in [-0.4, -0.2) is 17.7 Å². The van der Waals surface area contributed by atoms with Gasteiger partial charge in [-0.05, 0) is 32.9 Å². The van der Waals surface area contributed by atoms with Crippen molar-refractivity contribution in [2.24, 2.45) is 5.41 Å². The minimum absolute atomic E-state index is 0.0598. The third kappa shape index (κ3) is 1.78. The average Bonchev–Trinajstić information content (AvgIpc) is 2.50. The Labute approximate surface area is 114 Å². The van der Waals surface area contributed by atoms with Gasteiger partial charge in [0.1, 0.15) is 28.7 Å². The van der Waals surface area contributed by atoms with Crippen LogP contribution in [0.15, 0.2) is 12.1 Å². The van der Waals surface area contributed by atoms with E-state index in [4.69, 9.17) is 5.26 Å². The number of Topliss-reactive ketones (excluding diaryl/α,β-unsaturated/α-hetero) is 1. The number of carbonyl (C=O) groups excluding carboxylic acids is 2. The lowest BCUT2D eigenvalue weighted by Gasteiger charge is -2.21. The molecule has 6 heteroatoms. The number of rotatable bonds is 1. The van der Waals surface area contributed by atoms with Gasteiger partial charge in [0.05, 0.1) is 11.7 Å². The Bertz CT molecular complexity index is 639. The molecular weight excluding hydrogens is 266 g/mol. The van der Waals surface area contributed by atoms with E-state index in [1.54, 1.807) is 0 Å². The monoisotopic (exact) mass is 278 g/mol. The maximum absolute atomic E-state index is 13.6. The summed E-state index contributed by atoms with van der Waals surface area (Å²) in [6.07, 6.45) is 0. The van der Waals surface area contributed by atoms with E-state index in [-0.39, 0.29) is 11.5 Å². The minimum Gasteiger partial charge on any atom is -0.301 e. The van der Waals surface area contributed by atoms with Crippen molar-refractivity contribution in [2.75, 3.05) is 4.90 Å². The molecule has 4 nitrogen and oxygen atoms in total. The number of nitriles is 1. The van der Waals surface area contributed by atoms with E-state index < -0.39 is 34.6 Å². The highest BCUT2D eigenvalue weighted by atomic mass is 19.1. The summed E-state index contributed by atoms with van der Waals surface area (Å²) in [7, 11) is 0. The van der Waals surface area contributed by atoms with Gasteiger partial charge in [-0.2, -0.15) is 5.26 Å². The molecule has 1 aliphatic heterocycles. The normalized spacial score (nSPS) is 21.2. The molecule has 104 valence electrons. The van der Waals surface area contributed by atoms with E-state index >= 15 is 0 Å². The van der Waals surface area contributed by atoms with Crippen LogP contribution in [0.3, 0.4) is 0 Å². The van der Waals surface area contributed by atoms with Crippen LogP contribution >= 0.6 is 0 Å². The second-order valence-corrected chi connectivity index (χ2v) is 5.24. The van der Waals surface area contributed by atoms with E-state index in [0.29, 0.717) is 0 Å². The second-order valence-electron chi connectivity index (χ2n) is 5.24. The molecular formula is C14H12F2N2O2. The number of halogens is 2. The van der Waals surface area contributed by atoms with Crippen molar-refractivity contribution in [1.82, 2.24) is 0 Å². The van der Waals surface area contributed by atoms with Crippen molar-refractivity contribution >= 4 is 17.4 Å². The molecule has 0 aliphatic carbocycles. The third-order valence-corrected chi connectivity index (χ3v) is 3.55. The Kier molecular flexibility index (Phi) is 3.09. The van der Waals surface area contributed by atoms with Crippen LogP contribution in [-0.2, 0) is 9.59 Å². The number of carbonyl (C=O) groups is 2. The molecule has 1 atom stereocenters. The van der Waals surface area contributed by atoms with Crippen LogP contribution in [0.5, 0.6) is 0 Å². The first-order valence-corrected chi connectivity index (χ1v) is 5.99. The number of nitrogens with zero attached hydrogens (tertiary/aromatic N) is 2. The highest BCUT2D eigenvalue weighted by Crippen LogP contribution is 2.36. The number of hydrogen-bond donors (Lipinski definition) is 0. The predicted molar refractivity (Wildman–Crippen MR) is 66.8 cm³/mol. The Hall–Kier alpha value is -2.29. The molecule has 1 saturated heterocycles. The standard InChI is InChI=1S/C14H12F2N2O2/c1-7-12(19)14(2,3)13(20)18(7)8-4-10(15)9(6-17)11(16)5-8/h4-5,7H,1-3H3. The molecule has 1 unspecified atom stereocenters. The summed E-state index contributed by atoms with van der Waals surface area (Å²) >= 11 is 0. The predicted octanol–water partition coefficient (Wildman–Crippen LogP) is 2.17. The molecule has 1 amide bonds. The third-order valence-electron chi connectivity index (χ3n) is 3.55. The Balaban J connectivity index is 2.56. The first kappa shape index (κ1) is 14.1. The van der Waals surface area contributed by atoms with Crippen molar-refractivity contribution in [2.45, 2.75) is 26.8 Å². The van der Waals surface area contributed by atoms with E-state index in [0.717, 1.165) is 17.0 Å². The minimum atomic E-state index is -1.22. The van der Waals surface area contributed by atoms with E-state index in [1.807, 2.05) is 0 Å². The summed E-state index contributed by atoms with van der Waals surface area (Å²) in [4.78, 5) is 25.3. The molecule has 0 radical (unpaired) electrons. The number of benzene rings is 1. The number of ketones is 1. The number of anilines is 1. The Morgan fingerprint density at radius 1 is 1.25 bits per heavy atom. The lowest BCUT2D eigenvalue weighted by Crippen LogP contribution is -2.34. The van der Waals surface area contributed by atoms with Gasteiger partial charge in [0.25, 0.3) is 0 Å². The van der Waals surface area contributed by atoms with Crippen LogP contribution in [0.4, 0.5) is 14.5 Å². The highest BCUT2D eigenvalue weighted by Gasteiger charge is 2.51. The average molecular weight is 278 g/mol. The van der Waals surface area contributed by atoms with Crippen molar-refractivity contribution in [3.8, 4) is 6.07 Å². The lowest BCUT2D eigenvalue weighted by molar-refractivity contribution is -0.132. The fourth-order valence-corrected chi connectivity index (χ4v) is 2.37. The quantitative estimate of drug-likeness (QED) is 0.740. The summed E-state index contributed by atoms with van der Waals surface area (Å²) < 4.78 is 27.2. The number of amides is 1. The fourth-order valence-electron chi connectivity index (χ4n) is 2.37. The fraction of sp³-hybridized carbons (Fsp3) is 0.357. The van der Waals surface area contributed by atoms with Crippen LogP contribution in [0, 0.1) is 28.4 Å². The second kappa shape index (κ2) is 4.37. The maximum Gasteiger partial charge on any atom is 0.240 e. The zero-order valence-corrected chi connectivity index (χ0v) is 11.2. The van der Waals surface area contributed by atoms with E-state index in [9.17, 15) is 18.4 Å². The van der Waals surface area contributed by atoms with E-state index in [1.165, 1.54) is 26.8 Å². The van der Waals surface area contributed by atoms with Crippen molar-refractivity contribution < 1.29 is 18.4 Å². The summed E-state index contributed by atoms with van der Waals surface area (Å²) in [6.45, 7) is 4.46. The molecule has 0 spiro atoms. The van der Waals surface area contributed by atoms with Gasteiger partial charge in [-0.15, -0.1) is 0 Å². The summed E-state index contributed by atoms with van der Waals surface area (Å²) in [5.41, 5.74) is -1.99. The van der Waals surface area contributed by atoms with Crippen LogP contribution in [0.2, 0.25) is 0 Å². The Morgan fingerprint density at radius 3 is 2.10 bits per heavy atom. The van der Waals surface area contributed by atoms with Crippen LogP contribution in [0.25, 0.3) is 0 Å². The van der Waals surface area contributed by atoms with Gasteiger partial charge in [-0.25, -0.2) is 8.78 Å². The van der Waals surface area contributed by atoms with Crippen molar-refractivity contribution in [3.63, 3.8) is 0 Å². The highest BCUT2D eigenvalue weighted by molar-refractivity contribution is 6.22. The van der Waals surface area contributed by atoms with Gasteiger partial charge < -0.3 is 4.90 Å². The Morgan fingerprint density at radius 2 is 1.75 bits per heavy atom. The first-order valence-electron chi connectivity index (χ1n) is 5.99. The molecule has 0 N–H and O–H groups in total. The van der Waals surface area contributed by atoms with Gasteiger partial charge in [-0.1, -0.05) is 0 Å². The van der Waals surface area contributed by atoms with Crippen molar-refractivity contribution in [3.05, 3.63) is 29.3 Å². The van der Waals surface area contributed by atoms with Gasteiger partial charge >= 0.3 is 0 Å². The van der Waals surface area contributed by atoms with Crippen LogP contribution in [0.1, 0.15) is 26.3 Å². The lowest BCUT2D eigenvalue weighted by atomic mass is 9.89. The van der Waals surface area contributed by atoms with Crippen LogP contribution < -0.4 is 4.90 Å². The van der Waals surface area contributed by atoms with Gasteiger partial charge in [0.2, 0.25) is 5.91 Å². The zero-order valence-electron chi connectivity index (χ0n) is 11.2. The first-order chi connectivity index (χ1) is 9.21. The zero-order chi connectivity index (χ0) is 15.2. The molecule has 1 aromatic carbocycles. The van der Waals surface area contributed by atoms with Crippen molar-refractivity contribution in [1.29, 1.82) is 5.26 Å².